The maximum absolute atomic E-state index is 6.40. The van der Waals surface area contributed by atoms with Crippen LogP contribution in [-0.4, -0.2) is 9.55 Å². The molecule has 3 nitrogen and oxygen atoms in total. The van der Waals surface area contributed by atoms with Crippen molar-refractivity contribution in [2.45, 2.75) is 52.0 Å². The molecule has 1 aromatic carbocycles. The molecule has 0 radical (unpaired) electrons. The van der Waals surface area contributed by atoms with Crippen molar-refractivity contribution in [3.63, 3.8) is 0 Å². The molecule has 1 heterocycles. The molecule has 3 rings (SSSR count). The van der Waals surface area contributed by atoms with Gasteiger partial charge in [0.05, 0.1) is 0 Å². The molecule has 1 aliphatic carbocycles. The van der Waals surface area contributed by atoms with E-state index in [9.17, 15) is 0 Å². The molecule has 0 aliphatic heterocycles. The van der Waals surface area contributed by atoms with Gasteiger partial charge < -0.3 is 10.3 Å². The second-order valence-electron chi connectivity index (χ2n) is 5.91. The highest BCUT2D eigenvalue weighted by Crippen LogP contribution is 2.39. The normalized spacial score (nSPS) is 15.8. The summed E-state index contributed by atoms with van der Waals surface area (Å²) in [6, 6.07) is 6.34. The number of imidazole rings is 1. The zero-order chi connectivity index (χ0) is 15.0. The number of nitrogens with zero attached hydrogens (tertiary/aromatic N) is 2. The van der Waals surface area contributed by atoms with E-state index in [1.165, 1.54) is 37.1 Å². The van der Waals surface area contributed by atoms with Crippen molar-refractivity contribution in [1.82, 2.24) is 9.55 Å². The first-order valence-corrected chi connectivity index (χ1v) is 8.53. The van der Waals surface area contributed by atoms with Gasteiger partial charge in [-0.05, 0) is 38.3 Å². The van der Waals surface area contributed by atoms with Crippen LogP contribution in [-0.2, 0) is 6.54 Å². The zero-order valence-electron chi connectivity index (χ0n) is 12.7. The Morgan fingerprint density at radius 3 is 2.67 bits per heavy atom. The van der Waals surface area contributed by atoms with E-state index in [0.29, 0.717) is 5.92 Å². The Hall–Kier alpha value is -1.29. The molecule has 0 spiro atoms. The summed E-state index contributed by atoms with van der Waals surface area (Å²) in [7, 11) is 0. The molecule has 0 bridgehead atoms. The van der Waals surface area contributed by atoms with Crippen molar-refractivity contribution in [3.8, 4) is 11.3 Å². The first-order chi connectivity index (χ1) is 10.1. The monoisotopic (exact) mass is 347 g/mol. The van der Waals surface area contributed by atoms with E-state index in [0.717, 1.165) is 28.1 Å². The Morgan fingerprint density at radius 1 is 1.33 bits per heavy atom. The van der Waals surface area contributed by atoms with Gasteiger partial charge in [0, 0.05) is 22.5 Å². The highest BCUT2D eigenvalue weighted by atomic mass is 79.9. The third-order valence-electron chi connectivity index (χ3n) is 4.45. The van der Waals surface area contributed by atoms with Crippen molar-refractivity contribution < 1.29 is 0 Å². The summed E-state index contributed by atoms with van der Waals surface area (Å²) in [6.07, 6.45) is 5.10. The first kappa shape index (κ1) is 14.6. The van der Waals surface area contributed by atoms with E-state index in [1.54, 1.807) is 0 Å². The Labute approximate surface area is 134 Å². The lowest BCUT2D eigenvalue weighted by Gasteiger charge is -2.11. The Bertz CT molecular complexity index is 654. The number of benzene rings is 1. The van der Waals surface area contributed by atoms with Crippen molar-refractivity contribution >= 4 is 21.7 Å². The highest BCUT2D eigenvalue weighted by Gasteiger charge is 2.25. The molecule has 112 valence electrons. The van der Waals surface area contributed by atoms with E-state index >= 15 is 0 Å². The minimum absolute atomic E-state index is 0.574. The molecule has 1 aromatic heterocycles. The first-order valence-electron chi connectivity index (χ1n) is 7.74. The fourth-order valence-corrected chi connectivity index (χ4v) is 4.00. The molecule has 1 fully saturated rings. The molecule has 0 amide bonds. The number of anilines is 1. The Kier molecular flexibility index (Phi) is 4.07. The van der Waals surface area contributed by atoms with Gasteiger partial charge in [-0.2, -0.15) is 0 Å². The lowest BCUT2D eigenvalue weighted by molar-refractivity contribution is 0.604. The largest absolute Gasteiger partial charge is 0.383 e. The number of hydrogen-bond donors (Lipinski definition) is 1. The van der Waals surface area contributed by atoms with Crippen LogP contribution in [0.3, 0.4) is 0 Å². The van der Waals surface area contributed by atoms with Gasteiger partial charge in [-0.3, -0.25) is 0 Å². The van der Waals surface area contributed by atoms with Gasteiger partial charge in [0.1, 0.15) is 17.3 Å². The van der Waals surface area contributed by atoms with Gasteiger partial charge in [-0.25, -0.2) is 4.98 Å². The lowest BCUT2D eigenvalue weighted by Crippen LogP contribution is -2.08. The maximum atomic E-state index is 6.40. The van der Waals surface area contributed by atoms with Crippen molar-refractivity contribution in [3.05, 3.63) is 34.1 Å². The quantitative estimate of drug-likeness (QED) is 0.859. The number of hydrogen-bond acceptors (Lipinski definition) is 2. The third kappa shape index (κ3) is 2.61. The van der Waals surface area contributed by atoms with Crippen LogP contribution >= 0.6 is 15.9 Å². The van der Waals surface area contributed by atoms with Gasteiger partial charge in [0.2, 0.25) is 0 Å². The minimum atomic E-state index is 0.574. The van der Waals surface area contributed by atoms with Crippen LogP contribution in [0.4, 0.5) is 5.82 Å². The van der Waals surface area contributed by atoms with Gasteiger partial charge in [-0.1, -0.05) is 40.9 Å². The van der Waals surface area contributed by atoms with Crippen molar-refractivity contribution in [1.29, 1.82) is 0 Å². The second-order valence-corrected chi connectivity index (χ2v) is 6.77. The van der Waals surface area contributed by atoms with Crippen LogP contribution in [0, 0.1) is 6.92 Å². The van der Waals surface area contributed by atoms with E-state index in [1.807, 2.05) is 0 Å². The summed E-state index contributed by atoms with van der Waals surface area (Å²) in [5, 5.41) is 0. The van der Waals surface area contributed by atoms with E-state index in [-0.39, 0.29) is 0 Å². The maximum Gasteiger partial charge on any atom is 0.131 e. The standard InChI is InChI=1S/C17H22BrN3/c1-3-21-16(19)15(13-9-8-11(2)10-14(13)18)20-17(21)12-6-4-5-7-12/h8-10,12H,3-7,19H2,1-2H3. The van der Waals surface area contributed by atoms with E-state index < -0.39 is 0 Å². The van der Waals surface area contributed by atoms with Crippen LogP contribution in [0.25, 0.3) is 11.3 Å². The summed E-state index contributed by atoms with van der Waals surface area (Å²) in [4.78, 5) is 4.93. The number of aromatic nitrogens is 2. The molecule has 0 saturated heterocycles. The van der Waals surface area contributed by atoms with Crippen LogP contribution in [0.1, 0.15) is 49.9 Å². The third-order valence-corrected chi connectivity index (χ3v) is 5.11. The molecule has 1 saturated carbocycles. The summed E-state index contributed by atoms with van der Waals surface area (Å²) in [5.41, 5.74) is 9.64. The van der Waals surface area contributed by atoms with Gasteiger partial charge in [0.15, 0.2) is 0 Å². The molecule has 2 aromatic rings. The number of halogens is 1. The lowest BCUT2D eigenvalue weighted by atomic mass is 10.1. The summed E-state index contributed by atoms with van der Waals surface area (Å²) in [6.45, 7) is 5.12. The van der Waals surface area contributed by atoms with Gasteiger partial charge in [0.25, 0.3) is 0 Å². The average molecular weight is 348 g/mol. The molecular formula is C17H22BrN3. The number of rotatable bonds is 3. The fraction of sp³-hybridized carbons (Fsp3) is 0.471. The topological polar surface area (TPSA) is 43.8 Å². The molecule has 0 unspecified atom stereocenters. The average Bonchev–Trinajstić information content (AvgIpc) is 3.07. The predicted octanol–water partition coefficient (Wildman–Crippen LogP) is 4.88. The van der Waals surface area contributed by atoms with Crippen molar-refractivity contribution in [2.75, 3.05) is 5.73 Å². The number of aryl methyl sites for hydroxylation is 1. The van der Waals surface area contributed by atoms with Crippen LogP contribution in [0.15, 0.2) is 22.7 Å². The molecule has 2 N–H and O–H groups in total. The SMILES string of the molecule is CCn1c(C2CCCC2)nc(-c2ccc(C)cc2Br)c1N. The van der Waals surface area contributed by atoms with Gasteiger partial charge in [-0.15, -0.1) is 0 Å². The summed E-state index contributed by atoms with van der Waals surface area (Å²) < 4.78 is 3.25. The fourth-order valence-electron chi connectivity index (χ4n) is 3.32. The molecule has 1 aliphatic rings. The highest BCUT2D eigenvalue weighted by molar-refractivity contribution is 9.10. The minimum Gasteiger partial charge on any atom is -0.383 e. The Balaban J connectivity index is 2.10. The van der Waals surface area contributed by atoms with Crippen molar-refractivity contribution in [2.24, 2.45) is 0 Å². The molecule has 4 heteroatoms. The smallest absolute Gasteiger partial charge is 0.131 e. The van der Waals surface area contributed by atoms with E-state index in [2.05, 4.69) is 52.5 Å². The van der Waals surface area contributed by atoms with Crippen LogP contribution < -0.4 is 5.73 Å². The van der Waals surface area contributed by atoms with Crippen LogP contribution in [0.5, 0.6) is 0 Å². The second kappa shape index (κ2) is 5.84. The molecular weight excluding hydrogens is 326 g/mol. The van der Waals surface area contributed by atoms with E-state index in [4.69, 9.17) is 10.7 Å². The summed E-state index contributed by atoms with van der Waals surface area (Å²) in [5.74, 6) is 2.55. The number of nitrogens with two attached hydrogens (primary N) is 1. The van der Waals surface area contributed by atoms with Crippen LogP contribution in [0.2, 0.25) is 0 Å². The molecule has 0 atom stereocenters. The zero-order valence-corrected chi connectivity index (χ0v) is 14.3. The summed E-state index contributed by atoms with van der Waals surface area (Å²) >= 11 is 3.65. The predicted molar refractivity (Wildman–Crippen MR) is 91.4 cm³/mol. The number of nitrogen functional groups attached to an aromatic ring is 1. The molecule has 21 heavy (non-hydrogen) atoms. The Morgan fingerprint density at radius 2 is 2.05 bits per heavy atom. The van der Waals surface area contributed by atoms with Gasteiger partial charge >= 0.3 is 0 Å².